The van der Waals surface area contributed by atoms with Gasteiger partial charge in [0.1, 0.15) is 5.82 Å². The predicted molar refractivity (Wildman–Crippen MR) is 82.7 cm³/mol. The first-order valence-electron chi connectivity index (χ1n) is 6.64. The average Bonchev–Trinajstić information content (AvgIpc) is 2.75. The van der Waals surface area contributed by atoms with Crippen LogP contribution in [-0.2, 0) is 17.1 Å². The summed E-state index contributed by atoms with van der Waals surface area (Å²) < 4.78 is 28.7. The number of hydrogen-bond donors (Lipinski definition) is 2. The van der Waals surface area contributed by atoms with E-state index < -0.39 is 10.0 Å². The van der Waals surface area contributed by atoms with Crippen molar-refractivity contribution in [2.24, 2.45) is 7.05 Å². The number of anilines is 1. The molecule has 0 spiro atoms. The van der Waals surface area contributed by atoms with Crippen LogP contribution in [0.25, 0.3) is 0 Å². The van der Waals surface area contributed by atoms with Gasteiger partial charge in [-0.2, -0.15) is 5.10 Å². The molecular weight excluding hydrogens is 288 g/mol. The number of hydrogen-bond acceptors (Lipinski definition) is 4. The van der Waals surface area contributed by atoms with E-state index in [2.05, 4.69) is 15.1 Å². The first-order chi connectivity index (χ1) is 9.83. The summed E-state index contributed by atoms with van der Waals surface area (Å²) in [6, 6.07) is 8.70. The summed E-state index contributed by atoms with van der Waals surface area (Å²) >= 11 is 0. The molecule has 1 atom stereocenters. The van der Waals surface area contributed by atoms with Crippen molar-refractivity contribution in [1.29, 1.82) is 0 Å². The van der Waals surface area contributed by atoms with Crippen LogP contribution in [0.4, 0.5) is 5.82 Å². The van der Waals surface area contributed by atoms with Gasteiger partial charge < -0.3 is 5.32 Å². The summed E-state index contributed by atoms with van der Waals surface area (Å²) in [5.74, 6) is 0.445. The fourth-order valence-corrected chi connectivity index (χ4v) is 3.08. The molecule has 1 heterocycles. The SMILES string of the molecule is CNC(C)c1ccc(S(=O)(=O)Nc2cc(C)nn2C)cc1. The molecule has 6 nitrogen and oxygen atoms in total. The van der Waals surface area contributed by atoms with Crippen LogP contribution in [0.15, 0.2) is 35.2 Å². The van der Waals surface area contributed by atoms with Gasteiger partial charge >= 0.3 is 0 Å². The van der Waals surface area contributed by atoms with E-state index in [0.717, 1.165) is 11.3 Å². The van der Waals surface area contributed by atoms with Crippen molar-refractivity contribution in [3.63, 3.8) is 0 Å². The van der Waals surface area contributed by atoms with E-state index >= 15 is 0 Å². The highest BCUT2D eigenvalue weighted by atomic mass is 32.2. The van der Waals surface area contributed by atoms with Crippen LogP contribution in [0.1, 0.15) is 24.2 Å². The van der Waals surface area contributed by atoms with E-state index in [-0.39, 0.29) is 10.9 Å². The van der Waals surface area contributed by atoms with Gasteiger partial charge in [-0.15, -0.1) is 0 Å². The fraction of sp³-hybridized carbons (Fsp3) is 0.357. The maximum atomic E-state index is 12.3. The third kappa shape index (κ3) is 3.43. The third-order valence-electron chi connectivity index (χ3n) is 3.36. The van der Waals surface area contributed by atoms with Crippen molar-refractivity contribution in [2.75, 3.05) is 11.8 Å². The zero-order valence-electron chi connectivity index (χ0n) is 12.6. The Morgan fingerprint density at radius 1 is 1.24 bits per heavy atom. The maximum absolute atomic E-state index is 12.3. The lowest BCUT2D eigenvalue weighted by Gasteiger charge is -2.12. The minimum atomic E-state index is -3.60. The quantitative estimate of drug-likeness (QED) is 0.883. The fourth-order valence-electron chi connectivity index (χ4n) is 2.01. The van der Waals surface area contributed by atoms with E-state index in [0.29, 0.717) is 5.82 Å². The topological polar surface area (TPSA) is 76.0 Å². The lowest BCUT2D eigenvalue weighted by atomic mass is 10.1. The Labute approximate surface area is 125 Å². The minimum Gasteiger partial charge on any atom is -0.313 e. The van der Waals surface area contributed by atoms with E-state index in [1.807, 2.05) is 33.0 Å². The van der Waals surface area contributed by atoms with Gasteiger partial charge in [-0.1, -0.05) is 12.1 Å². The monoisotopic (exact) mass is 308 g/mol. The molecule has 0 amide bonds. The molecule has 0 saturated carbocycles. The highest BCUT2D eigenvalue weighted by Crippen LogP contribution is 2.19. The molecule has 0 aliphatic heterocycles. The molecule has 0 bridgehead atoms. The highest BCUT2D eigenvalue weighted by Gasteiger charge is 2.16. The average molecular weight is 308 g/mol. The Hall–Kier alpha value is -1.86. The molecule has 2 rings (SSSR count). The molecule has 1 aromatic heterocycles. The van der Waals surface area contributed by atoms with Crippen LogP contribution >= 0.6 is 0 Å². The zero-order valence-corrected chi connectivity index (χ0v) is 13.4. The number of rotatable bonds is 5. The Kier molecular flexibility index (Phi) is 4.34. The summed E-state index contributed by atoms with van der Waals surface area (Å²) in [6.45, 7) is 3.83. The third-order valence-corrected chi connectivity index (χ3v) is 4.73. The largest absolute Gasteiger partial charge is 0.313 e. The molecule has 0 fully saturated rings. The Bertz CT molecular complexity index is 720. The molecule has 2 aromatic rings. The van der Waals surface area contributed by atoms with Crippen molar-refractivity contribution in [2.45, 2.75) is 24.8 Å². The van der Waals surface area contributed by atoms with Gasteiger partial charge in [0.2, 0.25) is 0 Å². The highest BCUT2D eigenvalue weighted by molar-refractivity contribution is 7.92. The van der Waals surface area contributed by atoms with E-state index in [1.54, 1.807) is 25.2 Å². The summed E-state index contributed by atoms with van der Waals surface area (Å²) in [6.07, 6.45) is 0. The summed E-state index contributed by atoms with van der Waals surface area (Å²) in [4.78, 5) is 0.230. The Balaban J connectivity index is 2.25. The molecule has 2 N–H and O–H groups in total. The Morgan fingerprint density at radius 3 is 2.33 bits per heavy atom. The van der Waals surface area contributed by atoms with Gasteiger partial charge in [-0.3, -0.25) is 9.40 Å². The minimum absolute atomic E-state index is 0.175. The zero-order chi connectivity index (χ0) is 15.6. The van der Waals surface area contributed by atoms with Gasteiger partial charge in [0.15, 0.2) is 0 Å². The molecule has 7 heteroatoms. The summed E-state index contributed by atoms with van der Waals surface area (Å²) in [5.41, 5.74) is 1.79. The van der Waals surface area contributed by atoms with Crippen LogP contribution in [0.2, 0.25) is 0 Å². The number of benzene rings is 1. The van der Waals surface area contributed by atoms with Crippen molar-refractivity contribution in [3.05, 3.63) is 41.6 Å². The molecule has 0 aliphatic carbocycles. The first kappa shape index (κ1) is 15.5. The molecule has 114 valence electrons. The Morgan fingerprint density at radius 2 is 1.86 bits per heavy atom. The normalized spacial score (nSPS) is 13.1. The van der Waals surface area contributed by atoms with Crippen molar-refractivity contribution < 1.29 is 8.42 Å². The van der Waals surface area contributed by atoms with Crippen molar-refractivity contribution in [3.8, 4) is 0 Å². The number of nitrogens with one attached hydrogen (secondary N) is 2. The molecule has 21 heavy (non-hydrogen) atoms. The van der Waals surface area contributed by atoms with Gasteiger partial charge in [0.05, 0.1) is 10.6 Å². The van der Waals surface area contributed by atoms with Crippen LogP contribution in [0, 0.1) is 6.92 Å². The number of aromatic nitrogens is 2. The smallest absolute Gasteiger partial charge is 0.263 e. The standard InChI is InChI=1S/C14H20N4O2S/c1-10-9-14(18(4)16-10)17-21(19,20)13-7-5-12(6-8-13)11(2)15-3/h5-9,11,15,17H,1-4H3. The van der Waals surface area contributed by atoms with Gasteiger partial charge in [0.25, 0.3) is 10.0 Å². The lowest BCUT2D eigenvalue weighted by molar-refractivity contribution is 0.600. The molecule has 0 radical (unpaired) electrons. The van der Waals surface area contributed by atoms with E-state index in [4.69, 9.17) is 0 Å². The van der Waals surface area contributed by atoms with Crippen molar-refractivity contribution in [1.82, 2.24) is 15.1 Å². The second-order valence-electron chi connectivity index (χ2n) is 4.98. The molecular formula is C14H20N4O2S. The number of aryl methyl sites for hydroxylation is 2. The second-order valence-corrected chi connectivity index (χ2v) is 6.66. The van der Waals surface area contributed by atoms with Crippen LogP contribution in [-0.4, -0.2) is 25.2 Å². The van der Waals surface area contributed by atoms with Gasteiger partial charge in [-0.05, 0) is 38.6 Å². The lowest BCUT2D eigenvalue weighted by Crippen LogP contribution is -2.16. The number of nitrogens with zero attached hydrogens (tertiary/aromatic N) is 2. The molecule has 0 saturated heterocycles. The van der Waals surface area contributed by atoms with E-state index in [9.17, 15) is 8.42 Å². The first-order valence-corrected chi connectivity index (χ1v) is 8.12. The molecule has 0 aliphatic rings. The summed E-state index contributed by atoms with van der Waals surface area (Å²) in [7, 11) is -0.0432. The molecule has 1 aromatic carbocycles. The maximum Gasteiger partial charge on any atom is 0.263 e. The predicted octanol–water partition coefficient (Wildman–Crippen LogP) is 1.81. The van der Waals surface area contributed by atoms with Crippen LogP contribution in [0.5, 0.6) is 0 Å². The van der Waals surface area contributed by atoms with Gasteiger partial charge in [-0.25, -0.2) is 8.42 Å². The van der Waals surface area contributed by atoms with Gasteiger partial charge in [0, 0.05) is 19.2 Å². The summed E-state index contributed by atoms with van der Waals surface area (Å²) in [5, 5.41) is 7.23. The van der Waals surface area contributed by atoms with Crippen LogP contribution in [0.3, 0.4) is 0 Å². The van der Waals surface area contributed by atoms with Crippen molar-refractivity contribution >= 4 is 15.8 Å². The number of sulfonamides is 1. The molecule has 1 unspecified atom stereocenters. The van der Waals surface area contributed by atoms with Crippen LogP contribution < -0.4 is 10.0 Å². The van der Waals surface area contributed by atoms with E-state index in [1.165, 1.54) is 4.68 Å². The second kappa shape index (κ2) is 5.87.